The molecule has 0 fully saturated rings. The molecule has 0 radical (unpaired) electrons. The van der Waals surface area contributed by atoms with Crippen molar-refractivity contribution in [2.45, 2.75) is 38.7 Å². The molecule has 160 valence electrons. The SMILES string of the molecule is COc1ccc(COC(=O)C2C(C)=NC3=C(C(=O)CCC3)[C@H]2c2ccc(Cl)cc2)cc1. The fourth-order valence-electron chi connectivity index (χ4n) is 4.31. The van der Waals surface area contributed by atoms with Gasteiger partial charge in [-0.25, -0.2) is 0 Å². The summed E-state index contributed by atoms with van der Waals surface area (Å²) in [5.41, 5.74) is 3.84. The number of methoxy groups -OCH3 is 1. The largest absolute Gasteiger partial charge is 0.497 e. The van der Waals surface area contributed by atoms with Crippen molar-refractivity contribution in [3.63, 3.8) is 0 Å². The van der Waals surface area contributed by atoms with E-state index in [0.29, 0.717) is 22.7 Å². The van der Waals surface area contributed by atoms with Gasteiger partial charge in [-0.1, -0.05) is 35.9 Å². The van der Waals surface area contributed by atoms with Gasteiger partial charge in [-0.2, -0.15) is 0 Å². The lowest BCUT2D eigenvalue weighted by Crippen LogP contribution is -2.37. The van der Waals surface area contributed by atoms with E-state index in [9.17, 15) is 9.59 Å². The van der Waals surface area contributed by atoms with Gasteiger partial charge in [0.2, 0.25) is 0 Å². The Kier molecular flexibility index (Phi) is 6.23. The molecule has 2 aliphatic rings. The smallest absolute Gasteiger partial charge is 0.315 e. The van der Waals surface area contributed by atoms with Crippen molar-refractivity contribution in [1.29, 1.82) is 0 Å². The average molecular weight is 438 g/mol. The monoisotopic (exact) mass is 437 g/mol. The summed E-state index contributed by atoms with van der Waals surface area (Å²) < 4.78 is 10.8. The second-order valence-electron chi connectivity index (χ2n) is 7.85. The molecular formula is C25H24ClNO4. The minimum atomic E-state index is -0.653. The lowest BCUT2D eigenvalue weighted by atomic mass is 9.72. The second kappa shape index (κ2) is 9.06. The summed E-state index contributed by atoms with van der Waals surface area (Å²) in [6.45, 7) is 1.98. The number of esters is 1. The van der Waals surface area contributed by atoms with Crippen molar-refractivity contribution in [1.82, 2.24) is 0 Å². The number of carbonyl (C=O) groups is 2. The number of halogens is 1. The molecule has 1 heterocycles. The molecule has 0 saturated heterocycles. The Bertz CT molecular complexity index is 1050. The molecule has 31 heavy (non-hydrogen) atoms. The molecule has 0 aromatic heterocycles. The van der Waals surface area contributed by atoms with Crippen LogP contribution in [0.1, 0.15) is 43.2 Å². The van der Waals surface area contributed by atoms with Gasteiger partial charge in [-0.05, 0) is 55.2 Å². The molecule has 6 heteroatoms. The van der Waals surface area contributed by atoms with Crippen LogP contribution in [0.3, 0.4) is 0 Å². The lowest BCUT2D eigenvalue weighted by molar-refractivity contribution is -0.148. The zero-order valence-corrected chi connectivity index (χ0v) is 18.3. The molecule has 0 bridgehead atoms. The number of ketones is 1. The van der Waals surface area contributed by atoms with E-state index in [1.807, 2.05) is 43.3 Å². The van der Waals surface area contributed by atoms with E-state index in [1.165, 1.54) is 0 Å². The predicted octanol–water partition coefficient (Wildman–Crippen LogP) is 5.27. The van der Waals surface area contributed by atoms with Crippen molar-refractivity contribution in [3.05, 3.63) is 76.0 Å². The van der Waals surface area contributed by atoms with Crippen molar-refractivity contribution in [3.8, 4) is 5.75 Å². The maximum atomic E-state index is 13.2. The maximum Gasteiger partial charge on any atom is 0.315 e. The van der Waals surface area contributed by atoms with E-state index in [1.54, 1.807) is 19.2 Å². The van der Waals surface area contributed by atoms with Crippen LogP contribution in [0.2, 0.25) is 5.02 Å². The Morgan fingerprint density at radius 2 is 1.81 bits per heavy atom. The average Bonchev–Trinajstić information content (AvgIpc) is 2.77. The molecule has 1 aliphatic heterocycles. The van der Waals surface area contributed by atoms with E-state index in [2.05, 4.69) is 4.99 Å². The van der Waals surface area contributed by atoms with Crippen molar-refractivity contribution in [2.24, 2.45) is 10.9 Å². The normalized spacial score (nSPS) is 20.7. The molecule has 1 unspecified atom stereocenters. The summed E-state index contributed by atoms with van der Waals surface area (Å²) in [6.07, 6.45) is 2.01. The van der Waals surface area contributed by atoms with Gasteiger partial charge < -0.3 is 9.47 Å². The third kappa shape index (κ3) is 4.42. The maximum absolute atomic E-state index is 13.2. The minimum absolute atomic E-state index is 0.0606. The number of ether oxygens (including phenoxy) is 2. The van der Waals surface area contributed by atoms with Gasteiger partial charge in [0.05, 0.1) is 7.11 Å². The number of aliphatic imine (C=N–C) groups is 1. The fraction of sp³-hybridized carbons (Fsp3) is 0.320. The van der Waals surface area contributed by atoms with Crippen LogP contribution in [0.15, 0.2) is 64.8 Å². The van der Waals surface area contributed by atoms with E-state index in [4.69, 9.17) is 21.1 Å². The summed E-state index contributed by atoms with van der Waals surface area (Å²) in [5.74, 6) is -0.656. The summed E-state index contributed by atoms with van der Waals surface area (Å²) in [7, 11) is 1.60. The first-order valence-electron chi connectivity index (χ1n) is 10.3. The Labute approximate surface area is 186 Å². The van der Waals surface area contributed by atoms with Crippen LogP contribution >= 0.6 is 11.6 Å². The highest BCUT2D eigenvalue weighted by Gasteiger charge is 2.43. The van der Waals surface area contributed by atoms with Crippen LogP contribution in [0, 0.1) is 5.92 Å². The Hall–Kier alpha value is -2.92. The molecule has 4 rings (SSSR count). The van der Waals surface area contributed by atoms with Crippen LogP contribution in [-0.4, -0.2) is 24.6 Å². The molecule has 2 aromatic carbocycles. The third-order valence-corrected chi connectivity index (χ3v) is 6.11. The van der Waals surface area contributed by atoms with E-state index < -0.39 is 11.8 Å². The molecule has 2 atom stereocenters. The number of nitrogens with zero attached hydrogens (tertiary/aromatic N) is 1. The molecule has 5 nitrogen and oxygen atoms in total. The van der Waals surface area contributed by atoms with E-state index in [0.717, 1.165) is 35.4 Å². The highest BCUT2D eigenvalue weighted by molar-refractivity contribution is 6.30. The highest BCUT2D eigenvalue weighted by atomic mass is 35.5. The lowest BCUT2D eigenvalue weighted by Gasteiger charge is -2.34. The van der Waals surface area contributed by atoms with E-state index in [-0.39, 0.29) is 18.4 Å². The van der Waals surface area contributed by atoms with Crippen LogP contribution in [-0.2, 0) is 20.9 Å². The van der Waals surface area contributed by atoms with Crippen molar-refractivity contribution >= 4 is 29.1 Å². The number of carbonyl (C=O) groups excluding carboxylic acids is 2. The number of hydrogen-bond donors (Lipinski definition) is 0. The first-order chi connectivity index (χ1) is 15.0. The number of allylic oxidation sites excluding steroid dienone is 2. The standard InChI is InChI=1S/C25H24ClNO4/c1-15-22(25(29)31-14-16-6-12-19(30-2)13-7-16)23(17-8-10-18(26)11-9-17)24-20(27-15)4-3-5-21(24)28/h6-13,22-23H,3-5,14H2,1-2H3/t22?,23-/m0/s1. The summed E-state index contributed by atoms with van der Waals surface area (Å²) in [5, 5.41) is 0.604. The first-order valence-corrected chi connectivity index (χ1v) is 10.7. The van der Waals surface area contributed by atoms with Gasteiger partial charge >= 0.3 is 5.97 Å². The molecule has 1 aliphatic carbocycles. The fourth-order valence-corrected chi connectivity index (χ4v) is 4.43. The van der Waals surface area contributed by atoms with Gasteiger partial charge in [-0.15, -0.1) is 0 Å². The topological polar surface area (TPSA) is 65.0 Å². The minimum Gasteiger partial charge on any atom is -0.497 e. The quantitative estimate of drug-likeness (QED) is 0.597. The van der Waals surface area contributed by atoms with Gasteiger partial charge in [0.15, 0.2) is 5.78 Å². The molecule has 2 aromatic rings. The predicted molar refractivity (Wildman–Crippen MR) is 119 cm³/mol. The van der Waals surface area contributed by atoms with Crippen LogP contribution in [0.5, 0.6) is 5.75 Å². The van der Waals surface area contributed by atoms with Crippen LogP contribution < -0.4 is 4.74 Å². The zero-order valence-electron chi connectivity index (χ0n) is 17.6. The molecular weight excluding hydrogens is 414 g/mol. The molecule has 0 saturated carbocycles. The zero-order chi connectivity index (χ0) is 22.0. The Balaban J connectivity index is 1.64. The summed E-state index contributed by atoms with van der Waals surface area (Å²) >= 11 is 6.08. The Morgan fingerprint density at radius 3 is 2.48 bits per heavy atom. The van der Waals surface area contributed by atoms with Gasteiger partial charge in [0.1, 0.15) is 18.3 Å². The third-order valence-electron chi connectivity index (χ3n) is 5.86. The van der Waals surface area contributed by atoms with Crippen LogP contribution in [0.25, 0.3) is 0 Å². The molecule has 0 spiro atoms. The van der Waals surface area contributed by atoms with Crippen molar-refractivity contribution in [2.75, 3.05) is 7.11 Å². The summed E-state index contributed by atoms with van der Waals surface area (Å²) in [6, 6.07) is 14.7. The highest BCUT2D eigenvalue weighted by Crippen LogP contribution is 2.43. The first kappa shape index (κ1) is 21.3. The van der Waals surface area contributed by atoms with Crippen molar-refractivity contribution < 1.29 is 19.1 Å². The van der Waals surface area contributed by atoms with E-state index >= 15 is 0 Å². The van der Waals surface area contributed by atoms with Gasteiger partial charge in [0, 0.05) is 34.3 Å². The number of rotatable bonds is 5. The van der Waals surface area contributed by atoms with Gasteiger partial charge in [0.25, 0.3) is 0 Å². The number of Topliss-reactive ketones (excluding diaryl/α,β-unsaturated/α-hetero) is 1. The second-order valence-corrected chi connectivity index (χ2v) is 8.29. The number of hydrogen-bond acceptors (Lipinski definition) is 5. The summed E-state index contributed by atoms with van der Waals surface area (Å²) in [4.78, 5) is 30.8. The van der Waals surface area contributed by atoms with Crippen LogP contribution in [0.4, 0.5) is 0 Å². The molecule has 0 amide bonds. The van der Waals surface area contributed by atoms with Gasteiger partial charge in [-0.3, -0.25) is 14.6 Å². The molecule has 0 N–H and O–H groups in total. The number of benzene rings is 2. The Morgan fingerprint density at radius 1 is 1.10 bits per heavy atom.